The molecule has 0 bridgehead atoms. The van der Waals surface area contributed by atoms with Gasteiger partial charge in [0.1, 0.15) is 5.78 Å². The fraction of sp³-hybridized carbons (Fsp3) is 0.778. The second-order valence-corrected chi connectivity index (χ2v) is 3.60. The Kier molecular flexibility index (Phi) is 2.84. The molecule has 0 N–H and O–H groups in total. The van der Waals surface area contributed by atoms with Crippen LogP contribution in [0, 0.1) is 5.92 Å². The van der Waals surface area contributed by atoms with Crippen LogP contribution in [0.25, 0.3) is 0 Å². The van der Waals surface area contributed by atoms with E-state index in [0.717, 1.165) is 6.54 Å². The molecule has 3 heteroatoms. The van der Waals surface area contributed by atoms with E-state index in [4.69, 9.17) is 0 Å². The Bertz CT molecular complexity index is 197. The first kappa shape index (κ1) is 9.23. The average Bonchev–Trinajstić information content (AvgIpc) is 2.70. The summed E-state index contributed by atoms with van der Waals surface area (Å²) in [5.41, 5.74) is 0. The second kappa shape index (κ2) is 3.70. The zero-order valence-corrected chi connectivity index (χ0v) is 7.67. The maximum absolute atomic E-state index is 11.2. The number of Topliss-reactive ketones (excluding diaryl/α,β-unsaturated/α-hetero) is 1. The van der Waals surface area contributed by atoms with Gasteiger partial charge in [0.15, 0.2) is 0 Å². The van der Waals surface area contributed by atoms with E-state index < -0.39 is 0 Å². The molecule has 1 aliphatic rings. The van der Waals surface area contributed by atoms with E-state index in [0.29, 0.717) is 5.92 Å². The number of nitrogens with zero attached hydrogens (tertiary/aromatic N) is 1. The van der Waals surface area contributed by atoms with Crippen LogP contribution in [-0.4, -0.2) is 30.2 Å². The molecule has 0 atom stereocenters. The summed E-state index contributed by atoms with van der Waals surface area (Å²) in [5.74, 6) is 0.600. The van der Waals surface area contributed by atoms with Crippen molar-refractivity contribution >= 4 is 11.7 Å². The smallest absolute Gasteiger partial charge is 0.229 e. The molecule has 0 aliphatic heterocycles. The molecule has 1 saturated carbocycles. The van der Waals surface area contributed by atoms with Crippen molar-refractivity contribution in [2.45, 2.75) is 26.2 Å². The summed E-state index contributed by atoms with van der Waals surface area (Å²) in [5, 5.41) is 0. The van der Waals surface area contributed by atoms with Crippen LogP contribution in [0.15, 0.2) is 0 Å². The molecule has 12 heavy (non-hydrogen) atoms. The van der Waals surface area contributed by atoms with Crippen LogP contribution in [0.2, 0.25) is 0 Å². The molecule has 0 unspecified atom stereocenters. The van der Waals surface area contributed by atoms with Crippen molar-refractivity contribution in [1.29, 1.82) is 0 Å². The molecular formula is C9H15NO2. The van der Waals surface area contributed by atoms with Gasteiger partial charge in [0, 0.05) is 13.6 Å². The number of ketones is 1. The first-order valence-electron chi connectivity index (χ1n) is 4.33. The molecule has 1 fully saturated rings. The number of amides is 1. The Morgan fingerprint density at radius 2 is 2.00 bits per heavy atom. The van der Waals surface area contributed by atoms with E-state index in [-0.39, 0.29) is 18.1 Å². The predicted octanol–water partition coefficient (Wildman–Crippen LogP) is 0.834. The number of rotatable bonds is 4. The van der Waals surface area contributed by atoms with Gasteiger partial charge >= 0.3 is 0 Å². The van der Waals surface area contributed by atoms with Crippen molar-refractivity contribution < 1.29 is 9.59 Å². The molecule has 0 aromatic rings. The van der Waals surface area contributed by atoms with Crippen LogP contribution in [0.3, 0.4) is 0 Å². The van der Waals surface area contributed by atoms with Gasteiger partial charge in [-0.05, 0) is 25.7 Å². The van der Waals surface area contributed by atoms with Gasteiger partial charge in [0.25, 0.3) is 0 Å². The largest absolute Gasteiger partial charge is 0.345 e. The van der Waals surface area contributed by atoms with Crippen molar-refractivity contribution in [2.75, 3.05) is 13.6 Å². The van der Waals surface area contributed by atoms with E-state index in [1.54, 1.807) is 11.9 Å². The summed E-state index contributed by atoms with van der Waals surface area (Å²) < 4.78 is 0. The van der Waals surface area contributed by atoms with Gasteiger partial charge in [-0.2, -0.15) is 0 Å². The van der Waals surface area contributed by atoms with Crippen molar-refractivity contribution in [3.63, 3.8) is 0 Å². The van der Waals surface area contributed by atoms with Crippen LogP contribution in [0.4, 0.5) is 0 Å². The van der Waals surface area contributed by atoms with Gasteiger partial charge in [0.05, 0.1) is 6.42 Å². The highest BCUT2D eigenvalue weighted by Gasteiger charge is 2.24. The van der Waals surface area contributed by atoms with Crippen LogP contribution in [0.5, 0.6) is 0 Å². The molecule has 0 saturated heterocycles. The first-order valence-corrected chi connectivity index (χ1v) is 4.33. The fourth-order valence-electron chi connectivity index (χ4n) is 1.14. The lowest BCUT2D eigenvalue weighted by Gasteiger charge is -2.15. The van der Waals surface area contributed by atoms with Gasteiger partial charge in [0.2, 0.25) is 5.91 Å². The molecule has 0 aromatic carbocycles. The molecule has 1 amide bonds. The van der Waals surface area contributed by atoms with E-state index in [1.807, 2.05) is 0 Å². The summed E-state index contributed by atoms with van der Waals surface area (Å²) in [7, 11) is 1.77. The molecule has 1 rings (SSSR count). The van der Waals surface area contributed by atoms with Crippen molar-refractivity contribution in [1.82, 2.24) is 4.90 Å². The van der Waals surface area contributed by atoms with Gasteiger partial charge in [-0.25, -0.2) is 0 Å². The Labute approximate surface area is 72.7 Å². The molecule has 0 aromatic heterocycles. The Balaban J connectivity index is 2.24. The summed E-state index contributed by atoms with van der Waals surface area (Å²) in [6.45, 7) is 2.27. The van der Waals surface area contributed by atoms with Gasteiger partial charge in [-0.15, -0.1) is 0 Å². The quantitative estimate of drug-likeness (QED) is 0.585. The summed E-state index contributed by atoms with van der Waals surface area (Å²) in [4.78, 5) is 23.5. The third kappa shape index (κ3) is 3.03. The highest BCUT2D eigenvalue weighted by Crippen LogP contribution is 2.29. The minimum Gasteiger partial charge on any atom is -0.345 e. The molecule has 0 heterocycles. The zero-order valence-electron chi connectivity index (χ0n) is 7.67. The van der Waals surface area contributed by atoms with E-state index in [2.05, 4.69) is 0 Å². The molecular weight excluding hydrogens is 154 g/mol. The predicted molar refractivity (Wildman–Crippen MR) is 45.7 cm³/mol. The zero-order chi connectivity index (χ0) is 9.14. The summed E-state index contributed by atoms with van der Waals surface area (Å²) in [6, 6.07) is 0. The molecule has 3 nitrogen and oxygen atoms in total. The number of hydrogen-bond acceptors (Lipinski definition) is 2. The summed E-state index contributed by atoms with van der Waals surface area (Å²) in [6.07, 6.45) is 2.53. The minimum absolute atomic E-state index is 0.0469. The lowest BCUT2D eigenvalue weighted by atomic mass is 10.2. The molecule has 68 valence electrons. The third-order valence-electron chi connectivity index (χ3n) is 2.05. The van der Waals surface area contributed by atoms with Crippen molar-refractivity contribution in [2.24, 2.45) is 5.92 Å². The normalized spacial score (nSPS) is 15.8. The van der Waals surface area contributed by atoms with Crippen molar-refractivity contribution in [3.8, 4) is 0 Å². The van der Waals surface area contributed by atoms with E-state index >= 15 is 0 Å². The number of carbonyl (C=O) groups is 2. The maximum Gasteiger partial charge on any atom is 0.229 e. The summed E-state index contributed by atoms with van der Waals surface area (Å²) >= 11 is 0. The SMILES string of the molecule is CC(=O)CC(=O)N(C)CC1CC1. The average molecular weight is 169 g/mol. The monoisotopic (exact) mass is 169 g/mol. The standard InChI is InChI=1S/C9H15NO2/c1-7(11)5-9(12)10(2)6-8-3-4-8/h8H,3-6H2,1-2H3. The lowest BCUT2D eigenvalue weighted by molar-refractivity contribution is -0.133. The van der Waals surface area contributed by atoms with Crippen LogP contribution >= 0.6 is 0 Å². The highest BCUT2D eigenvalue weighted by atomic mass is 16.2. The maximum atomic E-state index is 11.2. The number of hydrogen-bond donors (Lipinski definition) is 0. The van der Waals surface area contributed by atoms with E-state index in [1.165, 1.54) is 19.8 Å². The van der Waals surface area contributed by atoms with Gasteiger partial charge < -0.3 is 4.90 Å². The molecule has 1 aliphatic carbocycles. The first-order chi connectivity index (χ1) is 5.59. The Morgan fingerprint density at radius 3 is 2.42 bits per heavy atom. The second-order valence-electron chi connectivity index (χ2n) is 3.60. The Morgan fingerprint density at radius 1 is 1.42 bits per heavy atom. The fourth-order valence-corrected chi connectivity index (χ4v) is 1.14. The van der Waals surface area contributed by atoms with Gasteiger partial charge in [-0.1, -0.05) is 0 Å². The third-order valence-corrected chi connectivity index (χ3v) is 2.05. The van der Waals surface area contributed by atoms with Crippen LogP contribution < -0.4 is 0 Å². The van der Waals surface area contributed by atoms with E-state index in [9.17, 15) is 9.59 Å². The van der Waals surface area contributed by atoms with Crippen LogP contribution in [-0.2, 0) is 9.59 Å². The van der Waals surface area contributed by atoms with Gasteiger partial charge in [-0.3, -0.25) is 9.59 Å². The van der Waals surface area contributed by atoms with Crippen LogP contribution in [0.1, 0.15) is 26.2 Å². The minimum atomic E-state index is -0.0531. The molecule has 0 radical (unpaired) electrons. The topological polar surface area (TPSA) is 37.4 Å². The highest BCUT2D eigenvalue weighted by molar-refractivity contribution is 5.96. The number of carbonyl (C=O) groups excluding carboxylic acids is 2. The Hall–Kier alpha value is -0.860. The molecule has 0 spiro atoms. The van der Waals surface area contributed by atoms with Crippen molar-refractivity contribution in [3.05, 3.63) is 0 Å². The lowest BCUT2D eigenvalue weighted by Crippen LogP contribution is -2.29.